The summed E-state index contributed by atoms with van der Waals surface area (Å²) in [5, 5.41) is 14.1. The fraction of sp³-hybridized carbons (Fsp3) is 0.538. The molecule has 2 rings (SSSR count). The minimum atomic E-state index is -0.378. The molecule has 3 N–H and O–H groups in total. The topological polar surface area (TPSA) is 90.4 Å². The molecule has 0 aliphatic heterocycles. The van der Waals surface area contributed by atoms with Crippen LogP contribution in [0, 0.1) is 17.0 Å². The second-order valence-electron chi connectivity index (χ2n) is 4.82. The number of nitrogens with zero attached hydrogens (tertiary/aromatic N) is 1. The maximum Gasteiger partial charge on any atom is 0.272 e. The van der Waals surface area contributed by atoms with Gasteiger partial charge in [0.1, 0.15) is 0 Å². The number of hydrogen-bond donors (Lipinski definition) is 2. The van der Waals surface area contributed by atoms with Crippen molar-refractivity contribution in [3.8, 4) is 0 Å². The molecule has 1 aromatic rings. The summed E-state index contributed by atoms with van der Waals surface area (Å²) in [4.78, 5) is 10.4. The summed E-state index contributed by atoms with van der Waals surface area (Å²) in [7, 11) is 0. The fourth-order valence-corrected chi connectivity index (χ4v) is 2.37. The Balaban J connectivity index is 2.07. The molecule has 1 fully saturated rings. The van der Waals surface area contributed by atoms with Crippen LogP contribution in [0.2, 0.25) is 0 Å². The van der Waals surface area contributed by atoms with Gasteiger partial charge in [0.15, 0.2) is 0 Å². The van der Waals surface area contributed by atoms with Crippen molar-refractivity contribution in [1.82, 2.24) is 0 Å². The van der Waals surface area contributed by atoms with Crippen molar-refractivity contribution < 1.29 is 9.66 Å². The van der Waals surface area contributed by atoms with Crippen molar-refractivity contribution in [1.29, 1.82) is 0 Å². The van der Waals surface area contributed by atoms with Gasteiger partial charge in [0.2, 0.25) is 0 Å². The highest BCUT2D eigenvalue weighted by molar-refractivity contribution is 5.54. The van der Waals surface area contributed by atoms with E-state index in [4.69, 9.17) is 10.5 Å². The highest BCUT2D eigenvalue weighted by atomic mass is 16.6. The lowest BCUT2D eigenvalue weighted by atomic mass is 9.83. The Labute approximate surface area is 112 Å². The predicted molar refractivity (Wildman–Crippen MR) is 73.3 cm³/mol. The zero-order valence-electron chi connectivity index (χ0n) is 11.1. The Kier molecular flexibility index (Phi) is 4.01. The van der Waals surface area contributed by atoms with E-state index < -0.39 is 0 Å². The minimum Gasteiger partial charge on any atom is -0.378 e. The molecule has 3 unspecified atom stereocenters. The average Bonchev–Trinajstić information content (AvgIpc) is 2.35. The Morgan fingerprint density at radius 3 is 2.84 bits per heavy atom. The van der Waals surface area contributed by atoms with Crippen LogP contribution < -0.4 is 11.1 Å². The minimum absolute atomic E-state index is 0.0621. The average molecular weight is 265 g/mol. The highest BCUT2D eigenvalue weighted by Crippen LogP contribution is 2.28. The molecule has 0 bridgehead atoms. The quantitative estimate of drug-likeness (QED) is 0.626. The van der Waals surface area contributed by atoms with Crippen LogP contribution in [0.5, 0.6) is 0 Å². The number of nitrogens with two attached hydrogens (primary N) is 1. The van der Waals surface area contributed by atoms with Gasteiger partial charge in [-0.25, -0.2) is 0 Å². The first kappa shape index (κ1) is 13.8. The molecule has 0 spiro atoms. The van der Waals surface area contributed by atoms with Gasteiger partial charge in [-0.05, 0) is 32.4 Å². The van der Waals surface area contributed by atoms with Crippen LogP contribution >= 0.6 is 0 Å². The Morgan fingerprint density at radius 2 is 2.32 bits per heavy atom. The summed E-state index contributed by atoms with van der Waals surface area (Å²) >= 11 is 0. The number of hydrogen-bond acceptors (Lipinski definition) is 5. The maximum atomic E-state index is 10.8. The molecule has 1 aromatic carbocycles. The molecule has 0 amide bonds. The van der Waals surface area contributed by atoms with Crippen molar-refractivity contribution in [3.63, 3.8) is 0 Å². The standard InChI is InChI=1S/C13H19N3O3/c1-3-19-12-7-10(14)13(12)15-9-4-5-11(16(17)18)8(2)6-9/h4-6,10,12-13,15H,3,7,14H2,1-2H3. The zero-order valence-corrected chi connectivity index (χ0v) is 11.1. The molecule has 104 valence electrons. The molecule has 0 radical (unpaired) electrons. The molecular formula is C13H19N3O3. The first-order valence-corrected chi connectivity index (χ1v) is 6.41. The SMILES string of the molecule is CCOC1CC(N)C1Nc1ccc([N+](=O)[O-])c(C)c1. The van der Waals surface area contributed by atoms with Gasteiger partial charge in [-0.3, -0.25) is 10.1 Å². The molecule has 19 heavy (non-hydrogen) atoms. The second-order valence-corrected chi connectivity index (χ2v) is 4.82. The van der Waals surface area contributed by atoms with E-state index in [1.165, 1.54) is 6.07 Å². The third-order valence-electron chi connectivity index (χ3n) is 3.47. The molecule has 0 saturated heterocycles. The second kappa shape index (κ2) is 5.54. The van der Waals surface area contributed by atoms with Gasteiger partial charge >= 0.3 is 0 Å². The Hall–Kier alpha value is -1.66. The van der Waals surface area contributed by atoms with Gasteiger partial charge in [0.25, 0.3) is 5.69 Å². The van der Waals surface area contributed by atoms with E-state index in [0.29, 0.717) is 12.2 Å². The summed E-state index contributed by atoms with van der Waals surface area (Å²) in [5.74, 6) is 0. The van der Waals surface area contributed by atoms with Crippen LogP contribution in [0.25, 0.3) is 0 Å². The molecule has 6 nitrogen and oxygen atoms in total. The maximum absolute atomic E-state index is 10.8. The summed E-state index contributed by atoms with van der Waals surface area (Å²) in [6.07, 6.45) is 0.966. The van der Waals surface area contributed by atoms with Crippen molar-refractivity contribution in [2.24, 2.45) is 5.73 Å². The zero-order chi connectivity index (χ0) is 14.0. The van der Waals surface area contributed by atoms with E-state index in [-0.39, 0.29) is 28.8 Å². The van der Waals surface area contributed by atoms with Gasteiger partial charge in [0.05, 0.1) is 17.1 Å². The summed E-state index contributed by atoms with van der Waals surface area (Å²) in [6.45, 7) is 4.34. The van der Waals surface area contributed by atoms with E-state index in [1.807, 2.05) is 6.92 Å². The van der Waals surface area contributed by atoms with E-state index in [1.54, 1.807) is 19.1 Å². The van der Waals surface area contributed by atoms with Gasteiger partial charge in [-0.15, -0.1) is 0 Å². The highest BCUT2D eigenvalue weighted by Gasteiger charge is 2.39. The number of aryl methyl sites for hydroxylation is 1. The number of rotatable bonds is 5. The summed E-state index contributed by atoms with van der Waals surface area (Å²) < 4.78 is 5.57. The van der Waals surface area contributed by atoms with E-state index in [9.17, 15) is 10.1 Å². The molecule has 1 aliphatic carbocycles. The normalized spacial score (nSPS) is 25.7. The van der Waals surface area contributed by atoms with Crippen molar-refractivity contribution >= 4 is 11.4 Å². The van der Waals surface area contributed by atoms with Gasteiger partial charge in [0, 0.05) is 30.0 Å². The third-order valence-corrected chi connectivity index (χ3v) is 3.47. The Morgan fingerprint density at radius 1 is 1.58 bits per heavy atom. The Bertz CT molecular complexity index is 476. The van der Waals surface area contributed by atoms with Crippen molar-refractivity contribution in [2.45, 2.75) is 38.5 Å². The number of benzene rings is 1. The van der Waals surface area contributed by atoms with Crippen LogP contribution in [0.1, 0.15) is 18.9 Å². The van der Waals surface area contributed by atoms with Gasteiger partial charge < -0.3 is 15.8 Å². The van der Waals surface area contributed by atoms with E-state index in [2.05, 4.69) is 5.32 Å². The molecule has 1 aliphatic rings. The van der Waals surface area contributed by atoms with Crippen LogP contribution in [-0.4, -0.2) is 29.7 Å². The lowest BCUT2D eigenvalue weighted by molar-refractivity contribution is -0.385. The molecule has 0 aromatic heterocycles. The van der Waals surface area contributed by atoms with Crippen LogP contribution in [0.3, 0.4) is 0 Å². The number of nitro groups is 1. The van der Waals surface area contributed by atoms with Crippen LogP contribution in [0.15, 0.2) is 18.2 Å². The smallest absolute Gasteiger partial charge is 0.272 e. The first-order chi connectivity index (χ1) is 9.02. The number of anilines is 1. The van der Waals surface area contributed by atoms with Crippen molar-refractivity contribution in [3.05, 3.63) is 33.9 Å². The number of nitrogens with one attached hydrogen (secondary N) is 1. The van der Waals surface area contributed by atoms with Crippen LogP contribution in [-0.2, 0) is 4.74 Å². The lowest BCUT2D eigenvalue weighted by Crippen LogP contribution is -2.60. The van der Waals surface area contributed by atoms with Gasteiger partial charge in [-0.1, -0.05) is 0 Å². The lowest BCUT2D eigenvalue weighted by Gasteiger charge is -2.43. The number of nitro benzene ring substituents is 1. The van der Waals surface area contributed by atoms with Gasteiger partial charge in [-0.2, -0.15) is 0 Å². The summed E-state index contributed by atoms with van der Waals surface area (Å²) in [5.41, 5.74) is 7.56. The molecular weight excluding hydrogens is 246 g/mol. The van der Waals surface area contributed by atoms with E-state index in [0.717, 1.165) is 12.1 Å². The predicted octanol–water partition coefficient (Wildman–Crippen LogP) is 1.82. The molecule has 0 heterocycles. The molecule has 1 saturated carbocycles. The largest absolute Gasteiger partial charge is 0.378 e. The van der Waals surface area contributed by atoms with Crippen molar-refractivity contribution in [2.75, 3.05) is 11.9 Å². The van der Waals surface area contributed by atoms with E-state index >= 15 is 0 Å². The summed E-state index contributed by atoms with van der Waals surface area (Å²) in [6, 6.07) is 5.12. The first-order valence-electron chi connectivity index (χ1n) is 6.41. The number of ether oxygens (including phenoxy) is 1. The van der Waals surface area contributed by atoms with Crippen LogP contribution in [0.4, 0.5) is 11.4 Å². The molecule has 3 atom stereocenters. The fourth-order valence-electron chi connectivity index (χ4n) is 2.37. The molecule has 6 heteroatoms. The third kappa shape index (κ3) is 2.85. The monoisotopic (exact) mass is 265 g/mol.